The molecule has 0 N–H and O–H groups in total. The van der Waals surface area contributed by atoms with E-state index in [1.807, 2.05) is 0 Å². The van der Waals surface area contributed by atoms with Crippen molar-refractivity contribution in [3.63, 3.8) is 0 Å². The lowest BCUT2D eigenvalue weighted by molar-refractivity contribution is -0.129. The van der Waals surface area contributed by atoms with Gasteiger partial charge >= 0.3 is 5.97 Å². The Morgan fingerprint density at radius 2 is 1.93 bits per heavy atom. The van der Waals surface area contributed by atoms with Crippen LogP contribution in [0.4, 0.5) is 0 Å². The topological polar surface area (TPSA) is 44.8 Å². The number of carbonyl (C=O) groups is 1. The molecule has 0 aliphatic carbocycles. The number of hydrogen-bond donors (Lipinski definition) is 0. The number of para-hydroxylation sites is 1. The summed E-state index contributed by atoms with van der Waals surface area (Å²) in [5, 5.41) is 0. The summed E-state index contributed by atoms with van der Waals surface area (Å²) in [6.07, 6.45) is 1.08. The molecule has 80 valence electrons. The first-order valence-corrected chi connectivity index (χ1v) is 4.28. The average molecular weight is 208 g/mol. The molecule has 0 heterocycles. The minimum atomic E-state index is -0.540. The van der Waals surface area contributed by atoms with E-state index in [0.29, 0.717) is 17.2 Å². The van der Waals surface area contributed by atoms with Gasteiger partial charge in [0.05, 0.1) is 14.2 Å². The molecule has 0 atom stereocenters. The highest BCUT2D eigenvalue weighted by atomic mass is 16.6. The Morgan fingerprint density at radius 1 is 1.27 bits per heavy atom. The van der Waals surface area contributed by atoms with Gasteiger partial charge in [-0.3, -0.25) is 0 Å². The maximum Gasteiger partial charge on any atom is 0.335 e. The summed E-state index contributed by atoms with van der Waals surface area (Å²) in [4.78, 5) is 11.0. The Morgan fingerprint density at radius 3 is 2.47 bits per heavy atom. The predicted molar refractivity (Wildman–Crippen MR) is 55.4 cm³/mol. The van der Waals surface area contributed by atoms with E-state index < -0.39 is 5.97 Å². The average Bonchev–Trinajstić information content (AvgIpc) is 2.28. The van der Waals surface area contributed by atoms with Crippen molar-refractivity contribution < 1.29 is 19.0 Å². The highest BCUT2D eigenvalue weighted by Crippen LogP contribution is 2.36. The molecule has 1 rings (SSSR count). The Kier molecular flexibility index (Phi) is 3.74. The summed E-state index contributed by atoms with van der Waals surface area (Å²) in [6, 6.07) is 5.03. The molecule has 0 aromatic heterocycles. The summed E-state index contributed by atoms with van der Waals surface area (Å²) >= 11 is 0. The minimum Gasteiger partial charge on any atom is -0.493 e. The Balaban J connectivity index is 3.05. The summed E-state index contributed by atoms with van der Waals surface area (Å²) in [7, 11) is 2.99. The molecule has 15 heavy (non-hydrogen) atoms. The molecule has 0 saturated heterocycles. The van der Waals surface area contributed by atoms with Crippen LogP contribution in [0.1, 0.15) is 0 Å². The number of benzene rings is 1. The van der Waals surface area contributed by atoms with Crippen molar-refractivity contribution in [2.45, 2.75) is 0 Å². The Hall–Kier alpha value is -1.97. The maximum atomic E-state index is 11.0. The van der Waals surface area contributed by atoms with Crippen LogP contribution in [0, 0.1) is 0 Å². The fourth-order valence-corrected chi connectivity index (χ4v) is 1.09. The van der Waals surface area contributed by atoms with Gasteiger partial charge < -0.3 is 14.2 Å². The summed E-state index contributed by atoms with van der Waals surface area (Å²) in [5.41, 5.74) is 0. The van der Waals surface area contributed by atoms with Gasteiger partial charge in [0.15, 0.2) is 11.5 Å². The minimum absolute atomic E-state index is 0.307. The molecule has 0 fully saturated rings. The zero-order valence-electron chi connectivity index (χ0n) is 8.65. The van der Waals surface area contributed by atoms with Crippen molar-refractivity contribution in [2.24, 2.45) is 0 Å². The van der Waals surface area contributed by atoms with Crippen molar-refractivity contribution >= 4 is 5.97 Å². The molecule has 4 nitrogen and oxygen atoms in total. The van der Waals surface area contributed by atoms with Gasteiger partial charge in [-0.25, -0.2) is 4.79 Å². The molecule has 0 bridgehead atoms. The van der Waals surface area contributed by atoms with E-state index >= 15 is 0 Å². The molecule has 0 amide bonds. The van der Waals surface area contributed by atoms with Crippen LogP contribution in [0.2, 0.25) is 0 Å². The third-order valence-electron chi connectivity index (χ3n) is 1.74. The monoisotopic (exact) mass is 208 g/mol. The molecule has 0 spiro atoms. The lowest BCUT2D eigenvalue weighted by Crippen LogP contribution is -2.05. The van der Waals surface area contributed by atoms with Crippen LogP contribution in [-0.2, 0) is 4.79 Å². The largest absolute Gasteiger partial charge is 0.493 e. The first-order valence-electron chi connectivity index (χ1n) is 4.28. The fourth-order valence-electron chi connectivity index (χ4n) is 1.09. The molecule has 1 aromatic carbocycles. The second-order valence-electron chi connectivity index (χ2n) is 2.62. The smallest absolute Gasteiger partial charge is 0.335 e. The first-order chi connectivity index (χ1) is 7.22. The van der Waals surface area contributed by atoms with Gasteiger partial charge in [-0.1, -0.05) is 12.6 Å². The van der Waals surface area contributed by atoms with Gasteiger partial charge in [0.25, 0.3) is 0 Å². The van der Waals surface area contributed by atoms with Gasteiger partial charge in [0.2, 0.25) is 5.75 Å². The predicted octanol–water partition coefficient (Wildman–Crippen LogP) is 1.80. The molecule has 0 radical (unpaired) electrons. The molecule has 0 saturated carbocycles. The van der Waals surface area contributed by atoms with E-state index in [2.05, 4.69) is 6.58 Å². The van der Waals surface area contributed by atoms with Crippen LogP contribution in [0.15, 0.2) is 30.9 Å². The number of methoxy groups -OCH3 is 2. The zero-order chi connectivity index (χ0) is 11.3. The number of hydrogen-bond acceptors (Lipinski definition) is 4. The highest BCUT2D eigenvalue weighted by Gasteiger charge is 2.12. The van der Waals surface area contributed by atoms with Crippen molar-refractivity contribution in [1.82, 2.24) is 0 Å². The normalized spacial score (nSPS) is 9.20. The van der Waals surface area contributed by atoms with E-state index in [9.17, 15) is 4.79 Å². The first kappa shape index (κ1) is 11.1. The molecule has 0 aliphatic rings. The second-order valence-corrected chi connectivity index (χ2v) is 2.62. The van der Waals surface area contributed by atoms with Gasteiger partial charge in [-0.15, -0.1) is 0 Å². The third-order valence-corrected chi connectivity index (χ3v) is 1.74. The van der Waals surface area contributed by atoms with Crippen LogP contribution in [0.25, 0.3) is 0 Å². The van der Waals surface area contributed by atoms with E-state index in [1.165, 1.54) is 14.2 Å². The number of carbonyl (C=O) groups excluding carboxylic acids is 1. The number of rotatable bonds is 4. The van der Waals surface area contributed by atoms with Gasteiger partial charge in [0, 0.05) is 6.08 Å². The Labute approximate surface area is 88.1 Å². The quantitative estimate of drug-likeness (QED) is 0.430. The lowest BCUT2D eigenvalue weighted by Gasteiger charge is -2.11. The maximum absolute atomic E-state index is 11.0. The lowest BCUT2D eigenvalue weighted by atomic mass is 10.3. The SMILES string of the molecule is C=CC(=O)Oc1cccc(OC)c1OC. The molecular formula is C11H12O4. The van der Waals surface area contributed by atoms with Crippen LogP contribution < -0.4 is 14.2 Å². The van der Waals surface area contributed by atoms with E-state index in [0.717, 1.165) is 6.08 Å². The van der Waals surface area contributed by atoms with Crippen LogP contribution >= 0.6 is 0 Å². The Bertz CT molecular complexity index is 371. The van der Waals surface area contributed by atoms with Gasteiger partial charge in [0.1, 0.15) is 0 Å². The zero-order valence-corrected chi connectivity index (χ0v) is 8.65. The van der Waals surface area contributed by atoms with Gasteiger partial charge in [-0.2, -0.15) is 0 Å². The van der Waals surface area contributed by atoms with Crippen molar-refractivity contribution in [1.29, 1.82) is 0 Å². The molecule has 0 unspecified atom stereocenters. The van der Waals surface area contributed by atoms with E-state index in [1.54, 1.807) is 18.2 Å². The van der Waals surface area contributed by atoms with E-state index in [4.69, 9.17) is 14.2 Å². The summed E-state index contributed by atoms with van der Waals surface area (Å²) in [6.45, 7) is 3.31. The van der Waals surface area contributed by atoms with Crippen LogP contribution in [0.5, 0.6) is 17.2 Å². The second kappa shape index (κ2) is 5.05. The van der Waals surface area contributed by atoms with Crippen molar-refractivity contribution in [2.75, 3.05) is 14.2 Å². The standard InChI is InChI=1S/C11H12O4/c1-4-10(12)15-9-7-5-6-8(13-2)11(9)14-3/h4-7H,1H2,2-3H3. The third kappa shape index (κ3) is 2.49. The van der Waals surface area contributed by atoms with Crippen LogP contribution in [0.3, 0.4) is 0 Å². The summed E-state index contributed by atoms with van der Waals surface area (Å²) in [5.74, 6) is 0.658. The van der Waals surface area contributed by atoms with E-state index in [-0.39, 0.29) is 0 Å². The van der Waals surface area contributed by atoms with Crippen LogP contribution in [-0.4, -0.2) is 20.2 Å². The van der Waals surface area contributed by atoms with Gasteiger partial charge in [-0.05, 0) is 12.1 Å². The molecular weight excluding hydrogens is 196 g/mol. The molecule has 1 aromatic rings. The molecule has 4 heteroatoms. The fraction of sp³-hybridized carbons (Fsp3) is 0.182. The number of esters is 1. The van der Waals surface area contributed by atoms with Crippen molar-refractivity contribution in [3.8, 4) is 17.2 Å². The molecule has 0 aliphatic heterocycles. The number of ether oxygens (including phenoxy) is 3. The summed E-state index contributed by atoms with van der Waals surface area (Å²) < 4.78 is 15.1. The van der Waals surface area contributed by atoms with Crippen molar-refractivity contribution in [3.05, 3.63) is 30.9 Å². The highest BCUT2D eigenvalue weighted by molar-refractivity contribution is 5.84.